The Bertz CT molecular complexity index is 503. The molecule has 0 radical (unpaired) electrons. The molecule has 0 spiro atoms. The Labute approximate surface area is 106 Å². The zero-order chi connectivity index (χ0) is 12.3. The Morgan fingerprint density at radius 2 is 1.94 bits per heavy atom. The molecule has 0 aliphatic rings. The highest BCUT2D eigenvalue weighted by atomic mass is 32.1. The number of hydrogen-bond acceptors (Lipinski definition) is 3. The Balaban J connectivity index is 2.04. The molecule has 2 aromatic rings. The van der Waals surface area contributed by atoms with Gasteiger partial charge in [0.25, 0.3) is 0 Å². The van der Waals surface area contributed by atoms with Crippen molar-refractivity contribution >= 4 is 22.7 Å². The van der Waals surface area contributed by atoms with E-state index in [1.807, 2.05) is 23.5 Å². The maximum atomic E-state index is 5.93. The second-order valence-corrected chi connectivity index (χ2v) is 5.42. The number of thiophene rings is 1. The van der Waals surface area contributed by atoms with Crippen LogP contribution in [0.25, 0.3) is 0 Å². The van der Waals surface area contributed by atoms with Crippen molar-refractivity contribution in [3.8, 4) is 0 Å². The fourth-order valence-corrected chi connectivity index (χ4v) is 2.61. The van der Waals surface area contributed by atoms with Gasteiger partial charge in [-0.3, -0.25) is 0 Å². The SMILES string of the molecule is CCc1ccc(CNc2cc(C)ccc2N)s1. The quantitative estimate of drug-likeness (QED) is 0.805. The summed E-state index contributed by atoms with van der Waals surface area (Å²) in [5, 5.41) is 3.39. The van der Waals surface area contributed by atoms with E-state index in [0.717, 1.165) is 24.3 Å². The lowest BCUT2D eigenvalue weighted by Gasteiger charge is -2.09. The number of rotatable bonds is 4. The molecular weight excluding hydrogens is 228 g/mol. The van der Waals surface area contributed by atoms with E-state index in [-0.39, 0.29) is 0 Å². The minimum absolute atomic E-state index is 0.808. The Kier molecular flexibility index (Phi) is 3.69. The summed E-state index contributed by atoms with van der Waals surface area (Å²) in [5.41, 5.74) is 8.98. The van der Waals surface area contributed by atoms with Crippen molar-refractivity contribution < 1.29 is 0 Å². The lowest BCUT2D eigenvalue weighted by atomic mass is 10.2. The maximum Gasteiger partial charge on any atom is 0.0579 e. The molecule has 2 nitrogen and oxygen atoms in total. The molecule has 90 valence electrons. The fraction of sp³-hybridized carbons (Fsp3) is 0.286. The standard InChI is InChI=1S/C14H18N2S/c1-3-11-5-6-12(17-11)9-16-14-8-10(2)4-7-13(14)15/h4-8,16H,3,9,15H2,1-2H3. The third-order valence-corrected chi connectivity index (χ3v) is 3.96. The van der Waals surface area contributed by atoms with Crippen molar-refractivity contribution in [3.05, 3.63) is 45.6 Å². The molecule has 0 saturated heterocycles. The number of hydrogen-bond donors (Lipinski definition) is 2. The molecule has 0 saturated carbocycles. The summed E-state index contributed by atoms with van der Waals surface area (Å²) < 4.78 is 0. The summed E-state index contributed by atoms with van der Waals surface area (Å²) in [5.74, 6) is 0. The molecule has 0 fully saturated rings. The van der Waals surface area contributed by atoms with Gasteiger partial charge in [0, 0.05) is 16.3 Å². The first-order valence-electron chi connectivity index (χ1n) is 5.86. The summed E-state index contributed by atoms with van der Waals surface area (Å²) in [6.07, 6.45) is 1.11. The molecule has 0 unspecified atom stereocenters. The van der Waals surface area contributed by atoms with Crippen LogP contribution in [0.5, 0.6) is 0 Å². The van der Waals surface area contributed by atoms with Gasteiger partial charge in [-0.05, 0) is 43.2 Å². The van der Waals surface area contributed by atoms with E-state index in [1.165, 1.54) is 15.3 Å². The Hall–Kier alpha value is -1.48. The zero-order valence-electron chi connectivity index (χ0n) is 10.3. The normalized spacial score (nSPS) is 10.5. The van der Waals surface area contributed by atoms with E-state index in [9.17, 15) is 0 Å². The molecule has 17 heavy (non-hydrogen) atoms. The second-order valence-electron chi connectivity index (χ2n) is 4.17. The van der Waals surface area contributed by atoms with Crippen LogP contribution in [-0.2, 0) is 13.0 Å². The van der Waals surface area contributed by atoms with Gasteiger partial charge >= 0.3 is 0 Å². The molecule has 0 aliphatic carbocycles. The highest BCUT2D eigenvalue weighted by Crippen LogP contribution is 2.22. The first kappa shape index (κ1) is 12.0. The number of nitrogen functional groups attached to an aromatic ring is 1. The van der Waals surface area contributed by atoms with Gasteiger partial charge in [0.15, 0.2) is 0 Å². The number of benzene rings is 1. The largest absolute Gasteiger partial charge is 0.397 e. The summed E-state index contributed by atoms with van der Waals surface area (Å²) in [7, 11) is 0. The lowest BCUT2D eigenvalue weighted by molar-refractivity contribution is 1.19. The molecule has 2 rings (SSSR count). The molecule has 1 aromatic carbocycles. The van der Waals surface area contributed by atoms with Gasteiger partial charge in [-0.15, -0.1) is 11.3 Å². The number of anilines is 2. The average molecular weight is 246 g/mol. The summed E-state index contributed by atoms with van der Waals surface area (Å²) >= 11 is 1.86. The molecule has 3 N–H and O–H groups in total. The maximum absolute atomic E-state index is 5.93. The van der Waals surface area contributed by atoms with E-state index in [1.54, 1.807) is 0 Å². The van der Waals surface area contributed by atoms with Crippen LogP contribution in [0.3, 0.4) is 0 Å². The van der Waals surface area contributed by atoms with Crippen LogP contribution in [0.1, 0.15) is 22.2 Å². The van der Waals surface area contributed by atoms with Crippen LogP contribution >= 0.6 is 11.3 Å². The van der Waals surface area contributed by atoms with E-state index < -0.39 is 0 Å². The smallest absolute Gasteiger partial charge is 0.0579 e. The summed E-state index contributed by atoms with van der Waals surface area (Å²) in [6.45, 7) is 5.10. The van der Waals surface area contributed by atoms with E-state index in [2.05, 4.69) is 37.4 Å². The van der Waals surface area contributed by atoms with Crippen molar-refractivity contribution in [1.29, 1.82) is 0 Å². The summed E-state index contributed by atoms with van der Waals surface area (Å²) in [6, 6.07) is 10.4. The summed E-state index contributed by atoms with van der Waals surface area (Å²) in [4.78, 5) is 2.78. The average Bonchev–Trinajstić information content (AvgIpc) is 2.78. The van der Waals surface area contributed by atoms with Crippen LogP contribution in [0.2, 0.25) is 0 Å². The fourth-order valence-electron chi connectivity index (χ4n) is 1.71. The first-order valence-corrected chi connectivity index (χ1v) is 6.68. The topological polar surface area (TPSA) is 38.0 Å². The van der Waals surface area contributed by atoms with Crippen molar-refractivity contribution in [2.45, 2.75) is 26.8 Å². The van der Waals surface area contributed by atoms with Crippen molar-refractivity contribution in [1.82, 2.24) is 0 Å². The molecule has 0 amide bonds. The monoisotopic (exact) mass is 246 g/mol. The van der Waals surface area contributed by atoms with Crippen molar-refractivity contribution in [2.24, 2.45) is 0 Å². The molecule has 0 aliphatic heterocycles. The van der Waals surface area contributed by atoms with Gasteiger partial charge in [-0.25, -0.2) is 0 Å². The zero-order valence-corrected chi connectivity index (χ0v) is 11.1. The van der Waals surface area contributed by atoms with Gasteiger partial charge in [0.1, 0.15) is 0 Å². The highest BCUT2D eigenvalue weighted by Gasteiger charge is 2.01. The number of aryl methyl sites for hydroxylation is 2. The van der Waals surface area contributed by atoms with Gasteiger partial charge in [0.2, 0.25) is 0 Å². The van der Waals surface area contributed by atoms with Gasteiger partial charge in [-0.2, -0.15) is 0 Å². The minimum atomic E-state index is 0.808. The van der Waals surface area contributed by atoms with E-state index in [4.69, 9.17) is 5.73 Å². The Morgan fingerprint density at radius 3 is 2.65 bits per heavy atom. The Morgan fingerprint density at radius 1 is 1.18 bits per heavy atom. The molecule has 1 aromatic heterocycles. The van der Waals surface area contributed by atoms with Crippen LogP contribution in [-0.4, -0.2) is 0 Å². The number of nitrogens with two attached hydrogens (primary N) is 1. The van der Waals surface area contributed by atoms with E-state index >= 15 is 0 Å². The van der Waals surface area contributed by atoms with Crippen LogP contribution < -0.4 is 11.1 Å². The molecule has 3 heteroatoms. The predicted octanol–water partition coefficient (Wildman–Crippen LogP) is 3.81. The molecule has 0 bridgehead atoms. The lowest BCUT2D eigenvalue weighted by Crippen LogP contribution is -2.01. The van der Waals surface area contributed by atoms with Gasteiger partial charge in [0.05, 0.1) is 11.4 Å². The molecule has 0 atom stereocenters. The third-order valence-electron chi connectivity index (χ3n) is 2.73. The predicted molar refractivity (Wildman–Crippen MR) is 76.6 cm³/mol. The minimum Gasteiger partial charge on any atom is -0.397 e. The van der Waals surface area contributed by atoms with Crippen LogP contribution in [0.4, 0.5) is 11.4 Å². The molecule has 1 heterocycles. The third kappa shape index (κ3) is 3.01. The van der Waals surface area contributed by atoms with Crippen molar-refractivity contribution in [3.63, 3.8) is 0 Å². The molecular formula is C14H18N2S. The van der Waals surface area contributed by atoms with Gasteiger partial charge in [-0.1, -0.05) is 13.0 Å². The number of nitrogens with one attached hydrogen (secondary N) is 1. The van der Waals surface area contributed by atoms with Gasteiger partial charge < -0.3 is 11.1 Å². The highest BCUT2D eigenvalue weighted by molar-refractivity contribution is 7.12. The first-order chi connectivity index (χ1) is 8.19. The van der Waals surface area contributed by atoms with E-state index in [0.29, 0.717) is 0 Å². The van der Waals surface area contributed by atoms with Crippen LogP contribution in [0, 0.1) is 6.92 Å². The van der Waals surface area contributed by atoms with Crippen molar-refractivity contribution in [2.75, 3.05) is 11.1 Å². The second kappa shape index (κ2) is 5.23. The van der Waals surface area contributed by atoms with Crippen LogP contribution in [0.15, 0.2) is 30.3 Å².